The van der Waals surface area contributed by atoms with Crippen LogP contribution in [0.1, 0.15) is 96.0 Å². The van der Waals surface area contributed by atoms with E-state index < -0.39 is 101 Å². The monoisotopic (exact) mass is 640 g/mol. The number of amides is 1. The van der Waals surface area contributed by atoms with Gasteiger partial charge in [0, 0.05) is 36.0 Å². The molecule has 6 unspecified atom stereocenters. The number of aliphatic hydroxyl groups is 2. The predicted molar refractivity (Wildman–Crippen MR) is 162 cm³/mol. The van der Waals surface area contributed by atoms with E-state index in [4.69, 9.17) is 19.9 Å². The highest BCUT2D eigenvalue weighted by Crippen LogP contribution is 2.52. The number of ether oxygens (including phenoxy) is 3. The van der Waals surface area contributed by atoms with Crippen molar-refractivity contribution < 1.29 is 53.8 Å². The molecule has 1 heterocycles. The number of carbonyl (C=O) groups excluding carboxylic acids is 4. The lowest BCUT2D eigenvalue weighted by Gasteiger charge is -2.43. The van der Waals surface area contributed by atoms with Crippen molar-refractivity contribution in [2.75, 3.05) is 7.11 Å². The normalized spacial score (nSPS) is 28.4. The molecule has 1 aliphatic heterocycles. The minimum atomic E-state index is -2.07. The molecule has 248 valence electrons. The minimum Gasteiger partial charge on any atom is -0.507 e. The maximum absolute atomic E-state index is 13.8. The van der Waals surface area contributed by atoms with E-state index in [0.717, 1.165) is 6.92 Å². The zero-order chi connectivity index (χ0) is 33.8. The minimum absolute atomic E-state index is 0.0405. The Bertz CT molecular complexity index is 1610. The van der Waals surface area contributed by atoms with E-state index in [1.807, 2.05) is 13.8 Å². The molecule has 2 aromatic rings. The van der Waals surface area contributed by atoms with Crippen molar-refractivity contribution >= 4 is 23.3 Å². The average Bonchev–Trinajstić information content (AvgIpc) is 3.02. The number of hydrogen-bond donors (Lipinski definition) is 6. The maximum atomic E-state index is 13.8. The number of Topliss-reactive ketones (excluding diaryl/α,β-unsaturated/α-hetero) is 1. The molecule has 3 aliphatic rings. The van der Waals surface area contributed by atoms with E-state index >= 15 is 0 Å². The highest BCUT2D eigenvalue weighted by Gasteiger charge is 2.49. The number of methoxy groups -OCH3 is 1. The number of benzene rings is 2. The Morgan fingerprint density at radius 2 is 1.83 bits per heavy atom. The number of nitrogens with two attached hydrogens (primary N) is 1. The Kier molecular flexibility index (Phi) is 9.01. The summed E-state index contributed by atoms with van der Waals surface area (Å²) in [7, 11) is 1.33. The van der Waals surface area contributed by atoms with E-state index in [1.165, 1.54) is 25.3 Å². The van der Waals surface area contributed by atoms with Gasteiger partial charge in [0.25, 0.3) is 0 Å². The molecule has 5 rings (SSSR count). The van der Waals surface area contributed by atoms with Gasteiger partial charge < -0.3 is 45.7 Å². The molecule has 1 saturated heterocycles. The largest absolute Gasteiger partial charge is 0.507 e. The Morgan fingerprint density at radius 1 is 1.15 bits per heavy atom. The number of carbonyl (C=O) groups is 4. The molecule has 0 aromatic heterocycles. The Hall–Kier alpha value is -3.88. The molecular formula is C33H40N2O11. The first-order chi connectivity index (χ1) is 21.6. The van der Waals surface area contributed by atoms with Gasteiger partial charge >= 0.3 is 0 Å². The van der Waals surface area contributed by atoms with Crippen molar-refractivity contribution in [3.63, 3.8) is 0 Å². The molecule has 1 amide bonds. The summed E-state index contributed by atoms with van der Waals surface area (Å²) in [6.45, 7) is 6.48. The van der Waals surface area contributed by atoms with Crippen LogP contribution in [0, 0.1) is 5.92 Å². The SMILES string of the molecule is CCC(C)C(N)C(=O)NC1CC(O[C@H]2C[C@](O)(C(C)=O)Cc3c(O)c4c(c(O)c32)C(=O)c2c(OC)cccc2C4=O)OC(C)C1O. The fourth-order valence-electron chi connectivity index (χ4n) is 6.56. The van der Waals surface area contributed by atoms with Gasteiger partial charge in [-0.05, 0) is 25.8 Å². The van der Waals surface area contributed by atoms with Crippen LogP contribution < -0.4 is 15.8 Å². The molecule has 7 N–H and O–H groups in total. The van der Waals surface area contributed by atoms with Crippen LogP contribution in [0.2, 0.25) is 0 Å². The van der Waals surface area contributed by atoms with Gasteiger partial charge in [-0.25, -0.2) is 0 Å². The first-order valence-electron chi connectivity index (χ1n) is 15.3. The number of phenolic OH excluding ortho intramolecular Hbond substituents is 2. The van der Waals surface area contributed by atoms with Gasteiger partial charge in [0.15, 0.2) is 17.9 Å². The smallest absolute Gasteiger partial charge is 0.237 e. The summed E-state index contributed by atoms with van der Waals surface area (Å²) >= 11 is 0. The lowest BCUT2D eigenvalue weighted by atomic mass is 9.72. The molecule has 0 saturated carbocycles. The first-order valence-corrected chi connectivity index (χ1v) is 15.3. The second-order valence-corrected chi connectivity index (χ2v) is 12.5. The highest BCUT2D eigenvalue weighted by molar-refractivity contribution is 6.31. The summed E-state index contributed by atoms with van der Waals surface area (Å²) in [4.78, 5) is 53.0. The molecule has 2 aromatic carbocycles. The number of phenols is 2. The van der Waals surface area contributed by atoms with Gasteiger partial charge in [0.05, 0.1) is 48.1 Å². The van der Waals surface area contributed by atoms with Gasteiger partial charge in [-0.15, -0.1) is 0 Å². The van der Waals surface area contributed by atoms with E-state index in [-0.39, 0.29) is 40.3 Å². The van der Waals surface area contributed by atoms with Crippen molar-refractivity contribution in [2.24, 2.45) is 11.7 Å². The third-order valence-corrected chi connectivity index (χ3v) is 9.64. The molecule has 2 aliphatic carbocycles. The number of hydrogen-bond acceptors (Lipinski definition) is 12. The maximum Gasteiger partial charge on any atom is 0.237 e. The van der Waals surface area contributed by atoms with Crippen LogP contribution in [0.25, 0.3) is 0 Å². The van der Waals surface area contributed by atoms with Crippen molar-refractivity contribution in [1.82, 2.24) is 5.32 Å². The second kappa shape index (κ2) is 12.4. The highest BCUT2D eigenvalue weighted by atomic mass is 16.7. The van der Waals surface area contributed by atoms with E-state index in [0.29, 0.717) is 6.42 Å². The summed E-state index contributed by atoms with van der Waals surface area (Å²) in [5.41, 5.74) is 2.75. The lowest BCUT2D eigenvalue weighted by molar-refractivity contribution is -0.249. The molecule has 8 atom stereocenters. The third-order valence-electron chi connectivity index (χ3n) is 9.64. The summed E-state index contributed by atoms with van der Waals surface area (Å²) in [6.07, 6.45) is -4.71. The molecule has 0 radical (unpaired) electrons. The van der Waals surface area contributed by atoms with Gasteiger partial charge in [0.2, 0.25) is 11.7 Å². The Labute approximate surface area is 265 Å². The Balaban J connectivity index is 1.56. The molecule has 13 nitrogen and oxygen atoms in total. The van der Waals surface area contributed by atoms with Crippen LogP contribution in [0.5, 0.6) is 17.2 Å². The average molecular weight is 641 g/mol. The number of rotatable bonds is 8. The van der Waals surface area contributed by atoms with Crippen LogP contribution >= 0.6 is 0 Å². The summed E-state index contributed by atoms with van der Waals surface area (Å²) in [5.74, 6) is -3.97. The topological polar surface area (TPSA) is 215 Å². The fourth-order valence-corrected chi connectivity index (χ4v) is 6.56. The number of ketones is 3. The number of nitrogens with one attached hydrogen (secondary N) is 1. The van der Waals surface area contributed by atoms with Crippen molar-refractivity contribution in [3.05, 3.63) is 51.6 Å². The Morgan fingerprint density at radius 3 is 2.46 bits per heavy atom. The summed E-state index contributed by atoms with van der Waals surface area (Å²) < 4.78 is 17.4. The summed E-state index contributed by atoms with van der Waals surface area (Å²) in [6, 6.07) is 2.73. The number of aliphatic hydroxyl groups excluding tert-OH is 1. The molecule has 46 heavy (non-hydrogen) atoms. The van der Waals surface area contributed by atoms with Gasteiger partial charge in [-0.3, -0.25) is 19.2 Å². The summed E-state index contributed by atoms with van der Waals surface area (Å²) in [5, 5.41) is 48.2. The van der Waals surface area contributed by atoms with Crippen LogP contribution in [0.3, 0.4) is 0 Å². The van der Waals surface area contributed by atoms with Crippen LogP contribution in [0.15, 0.2) is 18.2 Å². The van der Waals surface area contributed by atoms with Gasteiger partial charge in [-0.1, -0.05) is 32.4 Å². The molecule has 1 fully saturated rings. The van der Waals surface area contributed by atoms with Crippen LogP contribution in [0.4, 0.5) is 0 Å². The van der Waals surface area contributed by atoms with Crippen molar-refractivity contribution in [1.29, 1.82) is 0 Å². The second-order valence-electron chi connectivity index (χ2n) is 12.5. The zero-order valence-electron chi connectivity index (χ0n) is 26.3. The van der Waals surface area contributed by atoms with E-state index in [9.17, 15) is 39.6 Å². The van der Waals surface area contributed by atoms with Crippen LogP contribution in [-0.4, -0.2) is 87.0 Å². The lowest BCUT2D eigenvalue weighted by Crippen LogP contribution is -2.58. The third kappa shape index (κ3) is 5.45. The van der Waals surface area contributed by atoms with Crippen molar-refractivity contribution in [3.8, 4) is 17.2 Å². The quantitative estimate of drug-likeness (QED) is 0.194. The molecule has 0 bridgehead atoms. The molecule has 0 spiro atoms. The molecular weight excluding hydrogens is 600 g/mol. The first kappa shape index (κ1) is 33.5. The van der Waals surface area contributed by atoms with Crippen molar-refractivity contribution in [2.45, 2.75) is 95.7 Å². The molecule has 13 heteroatoms. The zero-order valence-corrected chi connectivity index (χ0v) is 26.3. The van der Waals surface area contributed by atoms with E-state index in [2.05, 4.69) is 5.32 Å². The van der Waals surface area contributed by atoms with Gasteiger partial charge in [-0.2, -0.15) is 0 Å². The predicted octanol–water partition coefficient (Wildman–Crippen LogP) is 1.56. The standard InChI is InChI=1S/C33H40N2O11/c1-6-13(2)26(34)32(42)35-18-10-21(45-14(3)27(18)37)46-20-12-33(43,15(4)36)11-17-23(20)31(41)25-24(29(17)39)28(38)16-8-7-9-19(44-5)22(16)30(25)40/h7-9,13-14,18,20-21,26-27,37,39,41,43H,6,10-12,34H2,1-5H3,(H,35,42)/t13?,14?,18?,20-,21?,26?,27?,33-/m0/s1. The van der Waals surface area contributed by atoms with Gasteiger partial charge in [0.1, 0.15) is 29.0 Å². The number of aromatic hydroxyl groups is 2. The van der Waals surface area contributed by atoms with E-state index in [1.54, 1.807) is 6.92 Å². The number of fused-ring (bicyclic) bond motifs is 3. The fraction of sp³-hybridized carbons (Fsp3) is 0.515. The van der Waals surface area contributed by atoms with Crippen LogP contribution in [-0.2, 0) is 25.5 Å².